The highest BCUT2D eigenvalue weighted by molar-refractivity contribution is 7.91. The van der Waals surface area contributed by atoms with Crippen LogP contribution in [0.2, 0.25) is 5.02 Å². The number of rotatable bonds is 4. The molecule has 8 nitrogen and oxygen atoms in total. The van der Waals surface area contributed by atoms with E-state index in [1.54, 1.807) is 6.07 Å². The SMILES string of the molecule is CC(C)(C)c1cc(Nc2nc(-c3ccc(S(N)(=O)=O)s3)ncc2Cl)n[nH]1. The summed E-state index contributed by atoms with van der Waals surface area (Å²) in [5.74, 6) is 1.27. The second-order valence-corrected chi connectivity index (χ2v) is 9.87. The molecule has 0 unspecified atom stereocenters. The van der Waals surface area contributed by atoms with E-state index in [1.807, 2.05) is 6.07 Å². The number of aromatic nitrogens is 4. The Morgan fingerprint density at radius 3 is 2.62 bits per heavy atom. The molecule has 11 heteroatoms. The van der Waals surface area contributed by atoms with Crippen LogP contribution in [-0.2, 0) is 15.4 Å². The zero-order valence-corrected chi connectivity index (χ0v) is 16.6. The van der Waals surface area contributed by atoms with Crippen LogP contribution < -0.4 is 10.5 Å². The molecule has 3 aromatic rings. The van der Waals surface area contributed by atoms with Gasteiger partial charge in [0.2, 0.25) is 10.0 Å². The summed E-state index contributed by atoms with van der Waals surface area (Å²) in [5, 5.41) is 15.7. The van der Waals surface area contributed by atoms with Gasteiger partial charge in [-0.1, -0.05) is 32.4 Å². The van der Waals surface area contributed by atoms with Gasteiger partial charge in [-0.15, -0.1) is 11.3 Å². The smallest absolute Gasteiger partial charge is 0.247 e. The summed E-state index contributed by atoms with van der Waals surface area (Å²) < 4.78 is 22.9. The highest BCUT2D eigenvalue weighted by atomic mass is 35.5. The summed E-state index contributed by atoms with van der Waals surface area (Å²) in [7, 11) is -3.76. The number of H-pyrrole nitrogens is 1. The average molecular weight is 413 g/mol. The van der Waals surface area contributed by atoms with Crippen molar-refractivity contribution in [1.29, 1.82) is 0 Å². The van der Waals surface area contributed by atoms with Crippen LogP contribution in [-0.4, -0.2) is 28.6 Å². The van der Waals surface area contributed by atoms with Crippen molar-refractivity contribution in [3.8, 4) is 10.7 Å². The fraction of sp³-hybridized carbons (Fsp3) is 0.267. The lowest BCUT2D eigenvalue weighted by molar-refractivity contribution is 0.567. The largest absolute Gasteiger partial charge is 0.322 e. The zero-order valence-electron chi connectivity index (χ0n) is 14.2. The first-order valence-corrected chi connectivity index (χ1v) is 10.3. The first-order chi connectivity index (χ1) is 12.0. The lowest BCUT2D eigenvalue weighted by Gasteiger charge is -2.14. The molecule has 0 radical (unpaired) electrons. The van der Waals surface area contributed by atoms with Crippen molar-refractivity contribution in [2.75, 3.05) is 5.32 Å². The number of hydrogen-bond donors (Lipinski definition) is 3. The maximum atomic E-state index is 11.4. The summed E-state index contributed by atoms with van der Waals surface area (Å²) in [6.45, 7) is 6.21. The van der Waals surface area contributed by atoms with Crippen molar-refractivity contribution in [2.24, 2.45) is 5.14 Å². The van der Waals surface area contributed by atoms with Crippen molar-refractivity contribution < 1.29 is 8.42 Å². The third kappa shape index (κ3) is 4.04. The van der Waals surface area contributed by atoms with Gasteiger partial charge < -0.3 is 5.32 Å². The van der Waals surface area contributed by atoms with E-state index in [0.717, 1.165) is 17.0 Å². The number of nitrogens with one attached hydrogen (secondary N) is 2. The third-order valence-electron chi connectivity index (χ3n) is 3.46. The number of halogens is 1. The second kappa shape index (κ2) is 6.62. The normalized spacial score (nSPS) is 12.3. The minimum absolute atomic E-state index is 0.0441. The van der Waals surface area contributed by atoms with Gasteiger partial charge >= 0.3 is 0 Å². The topological polar surface area (TPSA) is 127 Å². The second-order valence-electron chi connectivity index (χ2n) is 6.60. The minimum atomic E-state index is -3.76. The maximum Gasteiger partial charge on any atom is 0.247 e. The molecule has 138 valence electrons. The fourth-order valence-electron chi connectivity index (χ4n) is 2.06. The van der Waals surface area contributed by atoms with E-state index in [2.05, 4.69) is 46.3 Å². The summed E-state index contributed by atoms with van der Waals surface area (Å²) in [6, 6.07) is 4.90. The molecule has 3 aromatic heterocycles. The molecule has 3 rings (SSSR count). The van der Waals surface area contributed by atoms with Gasteiger partial charge in [-0.05, 0) is 12.1 Å². The van der Waals surface area contributed by atoms with Crippen LogP contribution in [0.25, 0.3) is 10.7 Å². The van der Waals surface area contributed by atoms with Crippen LogP contribution in [0.15, 0.2) is 28.6 Å². The molecule has 0 aliphatic carbocycles. The van der Waals surface area contributed by atoms with Crippen LogP contribution in [0.4, 0.5) is 11.6 Å². The van der Waals surface area contributed by atoms with Gasteiger partial charge in [0.25, 0.3) is 0 Å². The van der Waals surface area contributed by atoms with Crippen molar-refractivity contribution >= 4 is 44.6 Å². The molecule has 0 aliphatic rings. The molecule has 0 spiro atoms. The Bertz CT molecular complexity index is 1050. The lowest BCUT2D eigenvalue weighted by Crippen LogP contribution is -2.11. The summed E-state index contributed by atoms with van der Waals surface area (Å²) in [4.78, 5) is 9.09. The van der Waals surface area contributed by atoms with E-state index in [4.69, 9.17) is 16.7 Å². The van der Waals surface area contributed by atoms with Gasteiger partial charge in [0.15, 0.2) is 17.5 Å². The lowest BCUT2D eigenvalue weighted by atomic mass is 9.92. The summed E-state index contributed by atoms with van der Waals surface area (Å²) in [5.41, 5.74) is 0.885. The number of sulfonamides is 1. The Morgan fingerprint density at radius 1 is 1.31 bits per heavy atom. The van der Waals surface area contributed by atoms with E-state index in [9.17, 15) is 8.42 Å². The predicted molar refractivity (Wildman–Crippen MR) is 102 cm³/mol. The molecule has 3 heterocycles. The van der Waals surface area contributed by atoms with Crippen LogP contribution in [0.5, 0.6) is 0 Å². The Morgan fingerprint density at radius 2 is 2.04 bits per heavy atom. The molecule has 0 saturated carbocycles. The third-order valence-corrected chi connectivity index (χ3v) is 6.25. The van der Waals surface area contributed by atoms with Crippen LogP contribution >= 0.6 is 22.9 Å². The van der Waals surface area contributed by atoms with Crippen LogP contribution in [0.3, 0.4) is 0 Å². The number of anilines is 2. The molecule has 0 saturated heterocycles. The van der Waals surface area contributed by atoms with E-state index in [1.165, 1.54) is 12.3 Å². The van der Waals surface area contributed by atoms with Crippen molar-refractivity contribution in [1.82, 2.24) is 20.2 Å². The van der Waals surface area contributed by atoms with E-state index in [-0.39, 0.29) is 9.62 Å². The van der Waals surface area contributed by atoms with Crippen molar-refractivity contribution in [3.63, 3.8) is 0 Å². The molecule has 0 bridgehead atoms. The average Bonchev–Trinajstić information content (AvgIpc) is 3.17. The molecular formula is C15H17ClN6O2S2. The monoisotopic (exact) mass is 412 g/mol. The van der Waals surface area contributed by atoms with Gasteiger partial charge in [-0.2, -0.15) is 5.10 Å². The highest BCUT2D eigenvalue weighted by Gasteiger charge is 2.18. The molecule has 0 amide bonds. The van der Waals surface area contributed by atoms with Crippen molar-refractivity contribution in [2.45, 2.75) is 30.4 Å². The number of nitrogens with zero attached hydrogens (tertiary/aromatic N) is 3. The van der Waals surface area contributed by atoms with Crippen LogP contribution in [0.1, 0.15) is 26.5 Å². The Hall–Kier alpha value is -2.01. The molecule has 0 aromatic carbocycles. The van der Waals surface area contributed by atoms with Crippen molar-refractivity contribution in [3.05, 3.63) is 35.1 Å². The minimum Gasteiger partial charge on any atom is -0.322 e. The first-order valence-electron chi connectivity index (χ1n) is 7.52. The molecule has 4 N–H and O–H groups in total. The Balaban J connectivity index is 1.91. The van der Waals surface area contributed by atoms with Gasteiger partial charge in [0, 0.05) is 17.2 Å². The van der Waals surface area contributed by atoms with Gasteiger partial charge in [-0.25, -0.2) is 23.5 Å². The maximum absolute atomic E-state index is 11.4. The number of thiophene rings is 1. The van der Waals surface area contributed by atoms with Gasteiger partial charge in [-0.3, -0.25) is 5.10 Å². The fourth-order valence-corrected chi connectivity index (χ4v) is 3.87. The molecule has 0 atom stereocenters. The van der Waals surface area contributed by atoms with Gasteiger partial charge in [0.05, 0.1) is 11.1 Å². The molecule has 0 aliphatic heterocycles. The van der Waals surface area contributed by atoms with E-state index in [0.29, 0.717) is 27.4 Å². The highest BCUT2D eigenvalue weighted by Crippen LogP contribution is 2.31. The first kappa shape index (κ1) is 18.8. The quantitative estimate of drug-likeness (QED) is 0.603. The predicted octanol–water partition coefficient (Wildman–Crippen LogP) is 3.27. The molecule has 26 heavy (non-hydrogen) atoms. The van der Waals surface area contributed by atoms with E-state index < -0.39 is 10.0 Å². The number of aromatic amines is 1. The number of primary sulfonamides is 1. The summed E-state index contributed by atoms with van der Waals surface area (Å²) in [6.07, 6.45) is 1.44. The molecule has 0 fully saturated rings. The summed E-state index contributed by atoms with van der Waals surface area (Å²) >= 11 is 7.16. The van der Waals surface area contributed by atoms with Crippen LogP contribution in [0, 0.1) is 0 Å². The standard InChI is InChI=1S/C15H17ClN6O2S2/c1-15(2,3)10-6-11(22-21-10)19-13-8(16)7-18-14(20-13)9-4-5-12(25-9)26(17,23)24/h4-7H,1-3H3,(H2,17,23,24)(H2,18,19,20,21,22). The number of hydrogen-bond acceptors (Lipinski definition) is 7. The molecular weight excluding hydrogens is 396 g/mol. The Kier molecular flexibility index (Phi) is 4.78. The zero-order chi connectivity index (χ0) is 19.1. The Labute approximate surface area is 159 Å². The van der Waals surface area contributed by atoms with E-state index >= 15 is 0 Å². The number of nitrogens with two attached hydrogens (primary N) is 1. The van der Waals surface area contributed by atoms with Gasteiger partial charge in [0.1, 0.15) is 9.23 Å².